The van der Waals surface area contributed by atoms with Crippen molar-refractivity contribution < 1.29 is 14.4 Å². The number of hydrogen-bond donors (Lipinski definition) is 5. The van der Waals surface area contributed by atoms with E-state index < -0.39 is 5.41 Å². The lowest BCUT2D eigenvalue weighted by Crippen LogP contribution is -2.41. The lowest BCUT2D eigenvalue weighted by Gasteiger charge is -2.32. The van der Waals surface area contributed by atoms with Gasteiger partial charge in [-0.25, -0.2) is 39.0 Å². The van der Waals surface area contributed by atoms with Crippen LogP contribution in [0.15, 0.2) is 290 Å². The van der Waals surface area contributed by atoms with Crippen LogP contribution < -0.4 is 36.9 Å². The Hall–Kier alpha value is -15.3. The van der Waals surface area contributed by atoms with E-state index in [1.54, 1.807) is 35.1 Å². The Morgan fingerprint density at radius 3 is 1.76 bits per heavy atom. The summed E-state index contributed by atoms with van der Waals surface area (Å²) in [6, 6.07) is 73.3. The number of allylic oxidation sites excluding steroid dienone is 1. The third kappa shape index (κ3) is 14.4. The van der Waals surface area contributed by atoms with Gasteiger partial charge in [0.2, 0.25) is 23.3 Å². The Balaban J connectivity index is 0.000000119. The molecule has 0 radical (unpaired) electrons. The number of benzene rings is 7. The third-order valence-corrected chi connectivity index (χ3v) is 17.6. The minimum Gasteiger partial charge on any atom is -0.343 e. The van der Waals surface area contributed by atoms with Gasteiger partial charge in [-0.2, -0.15) is 15.6 Å². The summed E-state index contributed by atoms with van der Waals surface area (Å²) in [4.78, 5) is 75.7. The standard InChI is InChI=1S/C21H18N4O.C18H14N4.C17H15N3O.C15H9N5O.C13H11N3O/c1-14-18(13-16-9-5-3-6-10-16)20-22-15(2)19(25(20)24-14)21(26)23-17-11-7-4-8-12-17;1-13-19-17(15-10-6-3-7-11-15)22-12-16(21-18(22)20-13)14-8-4-2-5-9-14;1-11-17(2,3)16(21)20-10-14(12-7-5-4-6-8-12)13(9-18)15(20)19-11;1-10-18-14-12(8-16)13(17-2)9-19(14)15(21)20(10)11-6-4-3-5-7-11;1-9-7-12(17)16-8-11(15-13(16)14-9)10-5-3-2-4-6-10/h3-13H,1-2H3,(H,23,26);2-12H,1H2,(H,20,21);4-8,10,19H,1H2,2-3H3;3-7,9,18H,1H2;2-8H,1H3,(H,14,15)/b18-13-;;;;. The number of aryl methyl sites for hydroxylation is 3. The van der Waals surface area contributed by atoms with Gasteiger partial charge in [0.05, 0.1) is 46.5 Å². The zero-order valence-electron chi connectivity index (χ0n) is 58.7. The van der Waals surface area contributed by atoms with Crippen molar-refractivity contribution in [3.63, 3.8) is 0 Å². The van der Waals surface area contributed by atoms with Gasteiger partial charge >= 0.3 is 6.03 Å². The molecule has 0 spiro atoms. The summed E-state index contributed by atoms with van der Waals surface area (Å²) >= 11 is 0. The van der Waals surface area contributed by atoms with Crippen molar-refractivity contribution in [2.45, 2.75) is 34.6 Å². The molecule has 0 atom stereocenters. The van der Waals surface area contributed by atoms with Crippen LogP contribution in [0, 0.1) is 55.4 Å². The Morgan fingerprint density at radius 2 is 1.16 bits per heavy atom. The van der Waals surface area contributed by atoms with Crippen LogP contribution in [0.5, 0.6) is 0 Å². The molecule has 0 bridgehead atoms. The van der Waals surface area contributed by atoms with Gasteiger partial charge in [-0.15, -0.1) is 0 Å². The second-order valence-corrected chi connectivity index (χ2v) is 25.2. The van der Waals surface area contributed by atoms with Gasteiger partial charge in [0.25, 0.3) is 11.5 Å². The number of hydrogen-bond acceptors (Lipinski definition) is 14. The van der Waals surface area contributed by atoms with Gasteiger partial charge in [0, 0.05) is 75.4 Å². The number of H-pyrrole nitrogens is 1. The molecule has 7 aromatic carbocycles. The first-order valence-corrected chi connectivity index (χ1v) is 33.6. The molecule has 2 amide bonds. The van der Waals surface area contributed by atoms with Crippen molar-refractivity contribution in [3.8, 4) is 45.8 Å². The number of rotatable bonds is 8. The maximum Gasteiger partial charge on any atom is 0.338 e. The van der Waals surface area contributed by atoms with E-state index in [1.165, 1.54) is 24.6 Å². The van der Waals surface area contributed by atoms with Crippen LogP contribution in [-0.4, -0.2) is 71.3 Å². The number of carbonyl (C=O) groups is 3. The zero-order chi connectivity index (χ0) is 75.0. The van der Waals surface area contributed by atoms with E-state index in [1.807, 2.05) is 258 Å². The van der Waals surface area contributed by atoms with Gasteiger partial charge in [-0.3, -0.25) is 32.5 Å². The molecule has 3 aliphatic rings. The third-order valence-electron chi connectivity index (χ3n) is 17.6. The molecule has 0 fully saturated rings. The van der Waals surface area contributed by atoms with Crippen molar-refractivity contribution in [1.29, 1.82) is 10.5 Å². The van der Waals surface area contributed by atoms with Crippen LogP contribution >= 0.6 is 0 Å². The Kier molecular flexibility index (Phi) is 19.7. The average molecular weight is 1410 g/mol. The van der Waals surface area contributed by atoms with Gasteiger partial charge in [-0.1, -0.05) is 208 Å². The smallest absolute Gasteiger partial charge is 0.338 e. The van der Waals surface area contributed by atoms with Crippen molar-refractivity contribution in [1.82, 2.24) is 47.7 Å². The number of aromatic nitrogens is 10. The minimum atomic E-state index is -0.702. The highest BCUT2D eigenvalue weighted by molar-refractivity contribution is 6.06. The first-order valence-electron chi connectivity index (χ1n) is 33.6. The quantitative estimate of drug-likeness (QED) is 0.0887. The highest BCUT2D eigenvalue weighted by Gasteiger charge is 2.40. The van der Waals surface area contributed by atoms with Crippen molar-refractivity contribution in [3.05, 3.63) is 352 Å². The number of aliphatic imine (C=N–C) groups is 1. The largest absolute Gasteiger partial charge is 0.343 e. The fourth-order valence-corrected chi connectivity index (χ4v) is 12.1. The number of nitrogens with one attached hydrogen (secondary N) is 5. The molecule has 522 valence electrons. The number of para-hydroxylation sites is 2. The number of carbonyl (C=O) groups excluding carboxylic acids is 3. The van der Waals surface area contributed by atoms with E-state index in [0.717, 1.165) is 78.8 Å². The van der Waals surface area contributed by atoms with E-state index in [0.29, 0.717) is 57.2 Å². The first kappa shape index (κ1) is 70.2. The lowest BCUT2D eigenvalue weighted by molar-refractivity contribution is 0.0779. The van der Waals surface area contributed by atoms with E-state index in [9.17, 15) is 24.4 Å². The number of imidazole rings is 3. The molecule has 0 saturated carbocycles. The summed E-state index contributed by atoms with van der Waals surface area (Å²) < 4.78 is 7.91. The predicted molar refractivity (Wildman–Crippen MR) is 417 cm³/mol. The Labute approximate surface area is 614 Å². The summed E-state index contributed by atoms with van der Waals surface area (Å²) in [5.74, 6) is 3.56. The topological polar surface area (TPSA) is 275 Å². The maximum atomic E-state index is 12.8. The molecule has 5 N–H and O–H groups in total. The predicted octanol–water partition coefficient (Wildman–Crippen LogP) is 15.8. The van der Waals surface area contributed by atoms with Gasteiger partial charge < -0.3 is 26.3 Å². The van der Waals surface area contributed by atoms with Gasteiger partial charge in [-0.05, 0) is 76.1 Å². The first-order chi connectivity index (χ1) is 51.8. The normalized spacial score (nSPS) is 13.1. The monoisotopic (exact) mass is 1410 g/mol. The molecule has 10 heterocycles. The number of anilines is 5. The van der Waals surface area contributed by atoms with E-state index in [2.05, 4.69) is 81.9 Å². The van der Waals surface area contributed by atoms with Crippen molar-refractivity contribution in [2.75, 3.05) is 26.2 Å². The molecule has 0 aliphatic carbocycles. The summed E-state index contributed by atoms with van der Waals surface area (Å²) in [5.41, 5.74) is 13.0. The second kappa shape index (κ2) is 30.1. The van der Waals surface area contributed by atoms with Gasteiger partial charge in [0.15, 0.2) is 11.3 Å². The van der Waals surface area contributed by atoms with Crippen molar-refractivity contribution >= 4 is 75.8 Å². The fraction of sp³-hybridized carbons (Fsp3) is 0.0714. The number of fused-ring (bicyclic) bond motifs is 5. The maximum absolute atomic E-state index is 12.8. The van der Waals surface area contributed by atoms with Crippen molar-refractivity contribution in [2.24, 2.45) is 10.4 Å². The number of amides is 2. The van der Waals surface area contributed by atoms with Crippen LogP contribution in [0.4, 0.5) is 39.4 Å². The summed E-state index contributed by atoms with van der Waals surface area (Å²) in [7, 11) is 0. The minimum absolute atomic E-state index is 0.0640. The molecule has 107 heavy (non-hydrogen) atoms. The van der Waals surface area contributed by atoms with E-state index in [4.69, 9.17) is 11.8 Å². The lowest BCUT2D eigenvalue weighted by atomic mass is 9.87. The molecule has 3 aliphatic heterocycles. The number of aromatic amines is 1. The Bertz CT molecular complexity index is 6070. The molecular weight excluding hydrogens is 1340 g/mol. The fourth-order valence-electron chi connectivity index (χ4n) is 12.1. The molecule has 23 nitrogen and oxygen atoms in total. The molecule has 23 heteroatoms. The molecular formula is C84H67N19O4. The number of nitrogens with zero attached hydrogens (tertiary/aromatic N) is 14. The molecule has 14 aromatic rings. The van der Waals surface area contributed by atoms with E-state index in [-0.39, 0.29) is 40.5 Å². The van der Waals surface area contributed by atoms with Crippen LogP contribution in [-0.2, 0) is 0 Å². The van der Waals surface area contributed by atoms with Crippen LogP contribution in [0.2, 0.25) is 0 Å². The summed E-state index contributed by atoms with van der Waals surface area (Å²) in [5, 5.41) is 36.2. The van der Waals surface area contributed by atoms with Crippen LogP contribution in [0.1, 0.15) is 68.5 Å². The zero-order valence-corrected chi connectivity index (χ0v) is 58.7. The Morgan fingerprint density at radius 1 is 0.607 bits per heavy atom. The van der Waals surface area contributed by atoms with Crippen LogP contribution in [0.25, 0.3) is 56.0 Å². The highest BCUT2D eigenvalue weighted by atomic mass is 16.2. The summed E-state index contributed by atoms with van der Waals surface area (Å²) in [6.07, 6.45) is 8.88. The van der Waals surface area contributed by atoms with Gasteiger partial charge in [0.1, 0.15) is 46.3 Å². The van der Waals surface area contributed by atoms with Crippen LogP contribution in [0.3, 0.4) is 0 Å². The summed E-state index contributed by atoms with van der Waals surface area (Å²) in [6.45, 7) is 28.0. The molecule has 0 unspecified atom stereocenters. The SMILES string of the molecule is C=C1N=C(c2ccccc2)n2cc(-c3ccccc3)nc2N1.C=C1Nc2c(C#N)c(-c3ccccc3)cn2C(=O)C1(C)C.Cc1cc(=O)n2cc(-c3ccccc3)nc2[nH]1.Cc1nc2/c(=C\c3ccccc3)c(C)nn2c1C(=O)Nc1ccccc1.[C-]#[N+]c1cn2c(c1C#N)NC(=C)N(c1ccccc1)C2=O. The molecule has 7 aromatic heterocycles. The highest BCUT2D eigenvalue weighted by Crippen LogP contribution is 2.41. The van der Waals surface area contributed by atoms with E-state index >= 15 is 0 Å². The average Bonchev–Trinajstić information content (AvgIpc) is 1.49. The molecule has 0 saturated heterocycles. The second-order valence-electron chi connectivity index (χ2n) is 25.2. The molecule has 17 rings (SSSR count). The number of nitriles is 2.